The van der Waals surface area contributed by atoms with E-state index in [9.17, 15) is 13.6 Å². The number of hydrogen-bond donors (Lipinski definition) is 0. The van der Waals surface area contributed by atoms with Gasteiger partial charge in [-0.2, -0.15) is 8.78 Å². The summed E-state index contributed by atoms with van der Waals surface area (Å²) in [5.74, 6) is 0.474. The Morgan fingerprint density at radius 3 is 2.48 bits per heavy atom. The minimum Gasteiger partial charge on any atom is -0.497 e. The monoisotopic (exact) mass is 371 g/mol. The Morgan fingerprint density at radius 1 is 1.00 bits per heavy atom. The first kappa shape index (κ1) is 18.6. The SMILES string of the molecule is COc1ccc2cc(CN(C)C(=O)c3cccc(OC(F)F)c3)ccc2c1. The van der Waals surface area contributed by atoms with E-state index in [-0.39, 0.29) is 11.7 Å². The molecule has 0 atom stereocenters. The maximum Gasteiger partial charge on any atom is 0.387 e. The maximum absolute atomic E-state index is 12.6. The largest absolute Gasteiger partial charge is 0.497 e. The number of fused-ring (bicyclic) bond motifs is 1. The minimum atomic E-state index is -2.93. The molecule has 4 nitrogen and oxygen atoms in total. The Morgan fingerprint density at radius 2 is 1.74 bits per heavy atom. The molecule has 0 aliphatic carbocycles. The van der Waals surface area contributed by atoms with Gasteiger partial charge >= 0.3 is 6.61 Å². The Bertz CT molecular complexity index is 959. The van der Waals surface area contributed by atoms with Crippen LogP contribution in [0, 0.1) is 0 Å². The maximum atomic E-state index is 12.6. The smallest absolute Gasteiger partial charge is 0.387 e. The van der Waals surface area contributed by atoms with Crippen molar-refractivity contribution in [2.24, 2.45) is 0 Å². The fourth-order valence-electron chi connectivity index (χ4n) is 2.87. The summed E-state index contributed by atoms with van der Waals surface area (Å²) in [5, 5.41) is 2.09. The van der Waals surface area contributed by atoms with Gasteiger partial charge in [-0.15, -0.1) is 0 Å². The molecule has 0 aliphatic heterocycles. The van der Waals surface area contributed by atoms with Gasteiger partial charge in [0.2, 0.25) is 0 Å². The molecule has 0 aromatic heterocycles. The zero-order valence-corrected chi connectivity index (χ0v) is 15.0. The molecule has 3 aromatic rings. The minimum absolute atomic E-state index is 0.0381. The van der Waals surface area contributed by atoms with Crippen molar-refractivity contribution in [3.63, 3.8) is 0 Å². The lowest BCUT2D eigenvalue weighted by Gasteiger charge is -2.18. The van der Waals surface area contributed by atoms with Gasteiger partial charge in [-0.3, -0.25) is 4.79 Å². The number of methoxy groups -OCH3 is 1. The molecule has 1 amide bonds. The predicted molar refractivity (Wildman–Crippen MR) is 99.4 cm³/mol. The highest BCUT2D eigenvalue weighted by Crippen LogP contribution is 2.23. The summed E-state index contributed by atoms with van der Waals surface area (Å²) in [7, 11) is 3.29. The lowest BCUT2D eigenvalue weighted by atomic mass is 10.1. The molecular formula is C21H19F2NO3. The molecule has 0 saturated carbocycles. The first-order valence-corrected chi connectivity index (χ1v) is 8.33. The van der Waals surface area contributed by atoms with Crippen molar-refractivity contribution in [2.75, 3.05) is 14.2 Å². The van der Waals surface area contributed by atoms with Gasteiger partial charge in [-0.25, -0.2) is 0 Å². The molecule has 3 aromatic carbocycles. The van der Waals surface area contributed by atoms with Crippen molar-refractivity contribution < 1.29 is 23.0 Å². The van der Waals surface area contributed by atoms with Crippen molar-refractivity contribution in [3.05, 3.63) is 71.8 Å². The summed E-state index contributed by atoms with van der Waals surface area (Å²) < 4.78 is 34.3. The second kappa shape index (κ2) is 8.03. The number of halogens is 2. The van der Waals surface area contributed by atoms with E-state index in [1.807, 2.05) is 36.4 Å². The van der Waals surface area contributed by atoms with Gasteiger partial charge < -0.3 is 14.4 Å². The van der Waals surface area contributed by atoms with Crippen LogP contribution in [0.4, 0.5) is 8.78 Å². The van der Waals surface area contributed by atoms with Gasteiger partial charge in [0.1, 0.15) is 11.5 Å². The van der Waals surface area contributed by atoms with E-state index in [4.69, 9.17) is 4.74 Å². The standard InChI is InChI=1S/C21H19F2NO3/c1-24(20(25)17-4-3-5-19(12-17)27-21(22)23)13-14-6-7-16-11-18(26-2)9-8-15(16)10-14/h3-12,21H,13H2,1-2H3. The number of nitrogens with zero attached hydrogens (tertiary/aromatic N) is 1. The lowest BCUT2D eigenvalue weighted by Crippen LogP contribution is -2.26. The number of carbonyl (C=O) groups is 1. The first-order valence-electron chi connectivity index (χ1n) is 8.33. The summed E-state index contributed by atoms with van der Waals surface area (Å²) in [6.45, 7) is -2.54. The van der Waals surface area contributed by atoms with Crippen molar-refractivity contribution in [2.45, 2.75) is 13.2 Å². The van der Waals surface area contributed by atoms with E-state index in [0.717, 1.165) is 22.1 Å². The summed E-state index contributed by atoms with van der Waals surface area (Å²) >= 11 is 0. The van der Waals surface area contributed by atoms with Gasteiger partial charge in [0.05, 0.1) is 7.11 Å². The van der Waals surface area contributed by atoms with Crippen LogP contribution in [0.15, 0.2) is 60.7 Å². The Balaban J connectivity index is 1.75. The lowest BCUT2D eigenvalue weighted by molar-refractivity contribution is -0.0499. The number of alkyl halides is 2. The molecule has 0 bridgehead atoms. The van der Waals surface area contributed by atoms with Crippen molar-refractivity contribution in [1.29, 1.82) is 0 Å². The fourth-order valence-corrected chi connectivity index (χ4v) is 2.87. The number of amides is 1. The number of ether oxygens (including phenoxy) is 2. The van der Waals surface area contributed by atoms with Crippen LogP contribution in [-0.4, -0.2) is 31.6 Å². The van der Waals surface area contributed by atoms with E-state index in [0.29, 0.717) is 12.1 Å². The van der Waals surface area contributed by atoms with E-state index in [1.54, 1.807) is 20.2 Å². The van der Waals surface area contributed by atoms with Crippen LogP contribution in [0.5, 0.6) is 11.5 Å². The van der Waals surface area contributed by atoms with Crippen molar-refractivity contribution in [1.82, 2.24) is 4.90 Å². The van der Waals surface area contributed by atoms with Crippen LogP contribution in [0.25, 0.3) is 10.8 Å². The average Bonchev–Trinajstić information content (AvgIpc) is 2.66. The zero-order valence-electron chi connectivity index (χ0n) is 15.0. The Labute approximate surface area is 155 Å². The van der Waals surface area contributed by atoms with Crippen LogP contribution in [0.2, 0.25) is 0 Å². The summed E-state index contributed by atoms with van der Waals surface area (Å²) in [6.07, 6.45) is 0. The zero-order chi connectivity index (χ0) is 19.4. The van der Waals surface area contributed by atoms with E-state index < -0.39 is 6.61 Å². The van der Waals surface area contributed by atoms with Crippen LogP contribution in [0.1, 0.15) is 15.9 Å². The molecule has 0 radical (unpaired) electrons. The second-order valence-electron chi connectivity index (χ2n) is 6.11. The third-order valence-corrected chi connectivity index (χ3v) is 4.18. The number of rotatable bonds is 6. The van der Waals surface area contributed by atoms with Crippen LogP contribution in [-0.2, 0) is 6.54 Å². The molecule has 27 heavy (non-hydrogen) atoms. The number of benzene rings is 3. The van der Waals surface area contributed by atoms with Gasteiger partial charge in [0, 0.05) is 19.2 Å². The first-order chi connectivity index (χ1) is 13.0. The van der Waals surface area contributed by atoms with Crippen LogP contribution < -0.4 is 9.47 Å². The highest BCUT2D eigenvalue weighted by molar-refractivity contribution is 5.94. The highest BCUT2D eigenvalue weighted by Gasteiger charge is 2.14. The molecule has 3 rings (SSSR count). The molecule has 140 valence electrons. The molecule has 0 heterocycles. The third kappa shape index (κ3) is 4.53. The third-order valence-electron chi connectivity index (χ3n) is 4.18. The average molecular weight is 371 g/mol. The molecule has 0 aliphatic rings. The van der Waals surface area contributed by atoms with Crippen molar-refractivity contribution in [3.8, 4) is 11.5 Å². The highest BCUT2D eigenvalue weighted by atomic mass is 19.3. The summed E-state index contributed by atoms with van der Waals surface area (Å²) in [5.41, 5.74) is 1.25. The topological polar surface area (TPSA) is 38.8 Å². The van der Waals surface area contributed by atoms with E-state index in [1.165, 1.54) is 23.1 Å². The molecule has 0 spiro atoms. The Hall–Kier alpha value is -3.15. The second-order valence-corrected chi connectivity index (χ2v) is 6.11. The predicted octanol–water partition coefficient (Wildman–Crippen LogP) is 4.72. The summed E-state index contributed by atoms with van der Waals surface area (Å²) in [6, 6.07) is 17.5. The van der Waals surface area contributed by atoms with Gasteiger partial charge in [0.15, 0.2) is 0 Å². The fraction of sp³-hybridized carbons (Fsp3) is 0.190. The van der Waals surface area contributed by atoms with Crippen LogP contribution >= 0.6 is 0 Å². The molecular weight excluding hydrogens is 352 g/mol. The Kier molecular flexibility index (Phi) is 5.54. The molecule has 0 saturated heterocycles. The van der Waals surface area contributed by atoms with Crippen LogP contribution in [0.3, 0.4) is 0 Å². The molecule has 0 unspecified atom stereocenters. The van der Waals surface area contributed by atoms with Gasteiger partial charge in [-0.05, 0) is 52.7 Å². The molecule has 0 N–H and O–H groups in total. The summed E-state index contributed by atoms with van der Waals surface area (Å²) in [4.78, 5) is 14.1. The molecule has 0 fully saturated rings. The van der Waals surface area contributed by atoms with Gasteiger partial charge in [0.25, 0.3) is 5.91 Å². The van der Waals surface area contributed by atoms with Crippen molar-refractivity contribution >= 4 is 16.7 Å². The number of hydrogen-bond acceptors (Lipinski definition) is 3. The van der Waals surface area contributed by atoms with E-state index in [2.05, 4.69) is 4.74 Å². The normalized spacial score (nSPS) is 10.9. The van der Waals surface area contributed by atoms with E-state index >= 15 is 0 Å². The van der Waals surface area contributed by atoms with Gasteiger partial charge in [-0.1, -0.05) is 24.3 Å². The number of carbonyl (C=O) groups excluding carboxylic acids is 1. The quantitative estimate of drug-likeness (QED) is 0.629. The molecule has 6 heteroatoms.